The molecule has 0 spiro atoms. The molecular weight excluding hydrogens is 290 g/mol. The number of Topliss-reactive ketones (excluding diaryl/α,β-unsaturated/α-hetero) is 1. The van der Waals surface area contributed by atoms with E-state index >= 15 is 0 Å². The second-order valence-electron chi connectivity index (χ2n) is 4.76. The Morgan fingerprint density at radius 2 is 2.05 bits per heavy atom. The van der Waals surface area contributed by atoms with Gasteiger partial charge in [-0.05, 0) is 24.6 Å². The van der Waals surface area contributed by atoms with Gasteiger partial charge >= 0.3 is 5.97 Å². The molecule has 1 heterocycles. The highest BCUT2D eigenvalue weighted by Gasteiger charge is 2.29. The summed E-state index contributed by atoms with van der Waals surface area (Å²) in [5.41, 5.74) is 0.269. The van der Waals surface area contributed by atoms with Gasteiger partial charge in [-0.15, -0.1) is 0 Å². The molecule has 2 rings (SSSR count). The smallest absolute Gasteiger partial charge is 0.329 e. The number of hydrogen-bond acceptors (Lipinski definition) is 6. The topological polar surface area (TPSA) is 90.9 Å². The van der Waals surface area contributed by atoms with Crippen LogP contribution in [0.25, 0.3) is 0 Å². The van der Waals surface area contributed by atoms with Crippen LogP contribution in [0.3, 0.4) is 0 Å². The van der Waals surface area contributed by atoms with Crippen molar-refractivity contribution >= 4 is 17.7 Å². The predicted octanol–water partition coefficient (Wildman–Crippen LogP) is 0.708. The van der Waals surface area contributed by atoms with Gasteiger partial charge in [0.15, 0.2) is 6.61 Å². The molecule has 1 atom stereocenters. The Morgan fingerprint density at radius 1 is 1.27 bits per heavy atom. The molecule has 1 unspecified atom stereocenters. The van der Waals surface area contributed by atoms with Crippen LogP contribution in [0.4, 0.5) is 0 Å². The number of ether oxygens (including phenoxy) is 3. The van der Waals surface area contributed by atoms with E-state index in [1.165, 1.54) is 20.3 Å². The zero-order chi connectivity index (χ0) is 16.1. The molecule has 1 N–H and O–H groups in total. The molecule has 1 saturated heterocycles. The first kappa shape index (κ1) is 15.8. The van der Waals surface area contributed by atoms with Crippen LogP contribution in [-0.2, 0) is 14.3 Å². The lowest BCUT2D eigenvalue weighted by atomic mass is 10.1. The van der Waals surface area contributed by atoms with Crippen molar-refractivity contribution in [1.82, 2.24) is 5.32 Å². The number of nitrogens with one attached hydrogen (secondary N) is 1. The van der Waals surface area contributed by atoms with Gasteiger partial charge in [-0.3, -0.25) is 9.59 Å². The van der Waals surface area contributed by atoms with Crippen molar-refractivity contribution in [2.24, 2.45) is 0 Å². The lowest BCUT2D eigenvalue weighted by Crippen LogP contribution is -2.35. The quantitative estimate of drug-likeness (QED) is 0.615. The Hall–Kier alpha value is -2.57. The number of amides is 1. The van der Waals surface area contributed by atoms with E-state index in [0.29, 0.717) is 17.9 Å². The van der Waals surface area contributed by atoms with Gasteiger partial charge in [-0.1, -0.05) is 0 Å². The van der Waals surface area contributed by atoms with Crippen molar-refractivity contribution in [2.45, 2.75) is 18.9 Å². The van der Waals surface area contributed by atoms with E-state index in [4.69, 9.17) is 14.2 Å². The number of rotatable bonds is 6. The molecule has 1 aromatic carbocycles. The number of carbonyl (C=O) groups excluding carboxylic acids is 3. The summed E-state index contributed by atoms with van der Waals surface area (Å²) in [5, 5.41) is 2.49. The van der Waals surface area contributed by atoms with Crippen LogP contribution >= 0.6 is 0 Å². The molecule has 0 radical (unpaired) electrons. The molecule has 7 nitrogen and oxygen atoms in total. The minimum Gasteiger partial charge on any atom is -0.497 e. The Bertz CT molecular complexity index is 598. The lowest BCUT2D eigenvalue weighted by Gasteiger charge is -2.12. The van der Waals surface area contributed by atoms with Crippen LogP contribution in [0.2, 0.25) is 0 Å². The minimum absolute atomic E-state index is 0.192. The number of carbonyl (C=O) groups is 3. The molecule has 1 fully saturated rings. The fraction of sp³-hybridized carbons (Fsp3) is 0.400. The summed E-state index contributed by atoms with van der Waals surface area (Å²) < 4.78 is 15.1. The van der Waals surface area contributed by atoms with Gasteiger partial charge in [-0.2, -0.15) is 0 Å². The van der Waals surface area contributed by atoms with Crippen molar-refractivity contribution in [3.05, 3.63) is 23.8 Å². The molecule has 1 amide bonds. The third-order valence-electron chi connectivity index (χ3n) is 3.33. The average Bonchev–Trinajstić information content (AvgIpc) is 2.98. The van der Waals surface area contributed by atoms with Crippen LogP contribution in [0, 0.1) is 0 Å². The predicted molar refractivity (Wildman–Crippen MR) is 76.0 cm³/mol. The summed E-state index contributed by atoms with van der Waals surface area (Å²) in [5.74, 6) is -0.341. The molecule has 0 bridgehead atoms. The van der Waals surface area contributed by atoms with Gasteiger partial charge in [0.05, 0.1) is 19.8 Å². The van der Waals surface area contributed by atoms with E-state index in [1.54, 1.807) is 12.1 Å². The Kier molecular flexibility index (Phi) is 4.98. The molecule has 22 heavy (non-hydrogen) atoms. The first-order chi connectivity index (χ1) is 10.5. The lowest BCUT2D eigenvalue weighted by molar-refractivity contribution is -0.145. The Labute approximate surface area is 127 Å². The molecule has 0 aliphatic carbocycles. The fourth-order valence-electron chi connectivity index (χ4n) is 2.14. The van der Waals surface area contributed by atoms with Gasteiger partial charge in [0, 0.05) is 6.42 Å². The van der Waals surface area contributed by atoms with E-state index in [1.807, 2.05) is 0 Å². The highest BCUT2D eigenvalue weighted by Crippen LogP contribution is 2.24. The van der Waals surface area contributed by atoms with E-state index in [9.17, 15) is 14.4 Å². The van der Waals surface area contributed by atoms with Crippen LogP contribution in [0.15, 0.2) is 18.2 Å². The summed E-state index contributed by atoms with van der Waals surface area (Å²) in [7, 11) is 2.93. The van der Waals surface area contributed by atoms with Crippen LogP contribution in [0.1, 0.15) is 23.2 Å². The number of ketones is 1. The van der Waals surface area contributed by atoms with E-state index < -0.39 is 24.4 Å². The van der Waals surface area contributed by atoms with Crippen LogP contribution < -0.4 is 14.8 Å². The highest BCUT2D eigenvalue weighted by molar-refractivity contribution is 6.01. The highest BCUT2D eigenvalue weighted by atomic mass is 16.5. The SMILES string of the molecule is COc1ccc(OC)c(C(=O)COC(=O)C2CCC(=O)N2)c1. The zero-order valence-electron chi connectivity index (χ0n) is 12.4. The number of hydrogen-bond donors (Lipinski definition) is 1. The molecule has 1 aliphatic heterocycles. The van der Waals surface area contributed by atoms with E-state index in [-0.39, 0.29) is 17.9 Å². The second-order valence-corrected chi connectivity index (χ2v) is 4.76. The summed E-state index contributed by atoms with van der Waals surface area (Å²) in [6.07, 6.45) is 0.672. The number of methoxy groups -OCH3 is 2. The maximum absolute atomic E-state index is 12.2. The number of esters is 1. The van der Waals surface area contributed by atoms with Crippen molar-refractivity contribution in [3.63, 3.8) is 0 Å². The van der Waals surface area contributed by atoms with E-state index in [0.717, 1.165) is 0 Å². The molecular formula is C15H17NO6. The van der Waals surface area contributed by atoms with Gasteiger partial charge in [0.2, 0.25) is 11.7 Å². The van der Waals surface area contributed by atoms with E-state index in [2.05, 4.69) is 5.32 Å². The van der Waals surface area contributed by atoms with Crippen molar-refractivity contribution in [1.29, 1.82) is 0 Å². The summed E-state index contributed by atoms with van der Waals surface area (Å²) in [6, 6.07) is 4.11. The first-order valence-electron chi connectivity index (χ1n) is 6.76. The monoisotopic (exact) mass is 307 g/mol. The van der Waals surface area contributed by atoms with Crippen LogP contribution in [0.5, 0.6) is 11.5 Å². The zero-order valence-corrected chi connectivity index (χ0v) is 12.4. The maximum Gasteiger partial charge on any atom is 0.329 e. The molecule has 1 aromatic rings. The van der Waals surface area contributed by atoms with Gasteiger partial charge < -0.3 is 19.5 Å². The third-order valence-corrected chi connectivity index (χ3v) is 3.33. The first-order valence-corrected chi connectivity index (χ1v) is 6.76. The van der Waals surface area contributed by atoms with Crippen molar-refractivity contribution in [3.8, 4) is 11.5 Å². The Morgan fingerprint density at radius 3 is 2.64 bits per heavy atom. The molecule has 118 valence electrons. The number of benzene rings is 1. The second kappa shape index (κ2) is 6.93. The minimum atomic E-state index is -0.674. The molecule has 1 aliphatic rings. The molecule has 0 saturated carbocycles. The summed E-state index contributed by atoms with van der Waals surface area (Å²) in [6.45, 7) is -0.422. The average molecular weight is 307 g/mol. The van der Waals surface area contributed by atoms with Gasteiger partial charge in [0.25, 0.3) is 0 Å². The standard InChI is InChI=1S/C15H17NO6/c1-20-9-3-5-13(21-2)10(7-9)12(17)8-22-15(19)11-4-6-14(18)16-11/h3,5,7,11H,4,6,8H2,1-2H3,(H,16,18). The normalized spacial score (nSPS) is 16.8. The van der Waals surface area contributed by atoms with Crippen molar-refractivity contribution < 1.29 is 28.6 Å². The fourth-order valence-corrected chi connectivity index (χ4v) is 2.14. The summed E-state index contributed by atoms with van der Waals surface area (Å²) >= 11 is 0. The third kappa shape index (κ3) is 3.55. The van der Waals surface area contributed by atoms with Gasteiger partial charge in [0.1, 0.15) is 17.5 Å². The van der Waals surface area contributed by atoms with Crippen molar-refractivity contribution in [2.75, 3.05) is 20.8 Å². The molecule has 7 heteroatoms. The summed E-state index contributed by atoms with van der Waals surface area (Å²) in [4.78, 5) is 35.0. The largest absolute Gasteiger partial charge is 0.497 e. The Balaban J connectivity index is 2.00. The van der Waals surface area contributed by atoms with Gasteiger partial charge in [-0.25, -0.2) is 4.79 Å². The van der Waals surface area contributed by atoms with Crippen LogP contribution in [-0.4, -0.2) is 44.5 Å². The molecule has 0 aromatic heterocycles. The maximum atomic E-state index is 12.2.